The highest BCUT2D eigenvalue weighted by Crippen LogP contribution is 2.34. The Hall–Kier alpha value is -1.75. The summed E-state index contributed by atoms with van der Waals surface area (Å²) in [5.74, 6) is 0.238. The summed E-state index contributed by atoms with van der Waals surface area (Å²) in [6, 6.07) is 2.50. The molecule has 0 spiro atoms. The van der Waals surface area contributed by atoms with Crippen LogP contribution in [0.3, 0.4) is 0 Å². The van der Waals surface area contributed by atoms with Crippen molar-refractivity contribution in [1.82, 2.24) is 9.78 Å². The third-order valence-electron chi connectivity index (χ3n) is 2.71. The third-order valence-corrected chi connectivity index (χ3v) is 3.00. The van der Waals surface area contributed by atoms with Crippen LogP contribution in [0.5, 0.6) is 11.5 Å². The topological polar surface area (TPSA) is 53.1 Å². The maximum Gasteiger partial charge on any atom is 0.171 e. The van der Waals surface area contributed by atoms with Crippen LogP contribution in [0.25, 0.3) is 0 Å². The number of anilines is 1. The minimum Gasteiger partial charge on any atom is -0.451 e. The maximum absolute atomic E-state index is 13.4. The molecule has 1 heterocycles. The molecule has 0 saturated carbocycles. The smallest absolute Gasteiger partial charge is 0.171 e. The monoisotopic (exact) mass is 269 g/mol. The van der Waals surface area contributed by atoms with Crippen molar-refractivity contribution in [2.75, 3.05) is 5.73 Å². The molecule has 0 aliphatic heterocycles. The number of nitrogens with two attached hydrogens (primary N) is 1. The molecule has 6 heteroatoms. The first-order valence-corrected chi connectivity index (χ1v) is 5.70. The van der Waals surface area contributed by atoms with E-state index >= 15 is 0 Å². The predicted octanol–water partition coefficient (Wildman–Crippen LogP) is 3.20. The number of aryl methyl sites for hydroxylation is 2. The molecule has 2 N–H and O–H groups in total. The van der Waals surface area contributed by atoms with Gasteiger partial charge in [0.2, 0.25) is 0 Å². The Kier molecular flexibility index (Phi) is 3.17. The number of ether oxygens (including phenoxy) is 1. The van der Waals surface area contributed by atoms with Crippen LogP contribution in [0.2, 0.25) is 5.02 Å². The van der Waals surface area contributed by atoms with Gasteiger partial charge in [0.05, 0.1) is 16.4 Å². The fraction of sp³-hybridized carbons (Fsp3) is 0.250. The van der Waals surface area contributed by atoms with E-state index in [-0.39, 0.29) is 16.5 Å². The lowest BCUT2D eigenvalue weighted by molar-refractivity contribution is 0.471. The van der Waals surface area contributed by atoms with Gasteiger partial charge in [-0.3, -0.25) is 4.68 Å². The number of aromatic nitrogens is 2. The van der Waals surface area contributed by atoms with Crippen molar-refractivity contribution < 1.29 is 9.13 Å². The molecule has 0 amide bonds. The van der Waals surface area contributed by atoms with Gasteiger partial charge in [0.25, 0.3) is 0 Å². The lowest BCUT2D eigenvalue weighted by atomic mass is 10.3. The number of nitrogens with zero attached hydrogens (tertiary/aromatic N) is 2. The molecule has 0 atom stereocenters. The zero-order valence-corrected chi connectivity index (χ0v) is 11.0. The van der Waals surface area contributed by atoms with Crippen LogP contribution in [0, 0.1) is 19.7 Å². The van der Waals surface area contributed by atoms with Crippen molar-refractivity contribution in [3.05, 3.63) is 34.4 Å². The summed E-state index contributed by atoms with van der Waals surface area (Å²) in [5.41, 5.74) is 7.57. The fourth-order valence-corrected chi connectivity index (χ4v) is 1.82. The van der Waals surface area contributed by atoms with Crippen molar-refractivity contribution in [2.24, 2.45) is 7.05 Å². The number of benzene rings is 1. The van der Waals surface area contributed by atoms with Crippen LogP contribution in [0.15, 0.2) is 12.1 Å². The molecule has 0 aliphatic rings. The summed E-state index contributed by atoms with van der Waals surface area (Å²) in [6.45, 7) is 3.67. The molecule has 4 nitrogen and oxygen atoms in total. The zero-order valence-electron chi connectivity index (χ0n) is 10.3. The van der Waals surface area contributed by atoms with Gasteiger partial charge in [-0.05, 0) is 19.9 Å². The number of hydrogen-bond donors (Lipinski definition) is 1. The maximum atomic E-state index is 13.4. The van der Waals surface area contributed by atoms with Crippen molar-refractivity contribution in [3.8, 4) is 11.5 Å². The van der Waals surface area contributed by atoms with E-state index in [1.807, 2.05) is 13.8 Å². The first-order chi connectivity index (χ1) is 8.40. The Morgan fingerprint density at radius 1 is 1.39 bits per heavy atom. The highest BCUT2D eigenvalue weighted by atomic mass is 35.5. The number of nitrogen functional groups attached to an aromatic ring is 1. The molecule has 2 aromatic rings. The highest BCUT2D eigenvalue weighted by Gasteiger charge is 2.14. The summed E-state index contributed by atoms with van der Waals surface area (Å²) in [7, 11) is 1.81. The summed E-state index contributed by atoms with van der Waals surface area (Å²) in [5, 5.41) is 4.18. The van der Waals surface area contributed by atoms with Crippen molar-refractivity contribution in [3.63, 3.8) is 0 Å². The quantitative estimate of drug-likeness (QED) is 0.852. The Bertz CT molecular complexity index is 610. The second kappa shape index (κ2) is 4.49. The second-order valence-electron chi connectivity index (χ2n) is 4.03. The van der Waals surface area contributed by atoms with Gasteiger partial charge in [0.1, 0.15) is 11.5 Å². The van der Waals surface area contributed by atoms with E-state index in [1.54, 1.807) is 11.7 Å². The molecule has 0 saturated heterocycles. The Labute approximate surface area is 109 Å². The molecule has 1 aromatic carbocycles. The summed E-state index contributed by atoms with van der Waals surface area (Å²) < 4.78 is 20.7. The average Bonchev–Trinajstić information content (AvgIpc) is 2.52. The zero-order chi connectivity index (χ0) is 13.4. The standard InChI is InChI=1S/C12H13ClFN3O/c1-6-12(7(2)17(3)16-6)18-11-5-9(14)8(13)4-10(11)15/h4-5H,15H2,1-3H3. The van der Waals surface area contributed by atoms with Gasteiger partial charge in [-0.25, -0.2) is 4.39 Å². The van der Waals surface area contributed by atoms with Crippen molar-refractivity contribution in [2.45, 2.75) is 13.8 Å². The molecular formula is C12H13ClFN3O. The summed E-state index contributed by atoms with van der Waals surface area (Å²) in [6.07, 6.45) is 0. The number of hydrogen-bond acceptors (Lipinski definition) is 3. The number of rotatable bonds is 2. The van der Waals surface area contributed by atoms with Crippen LogP contribution in [-0.2, 0) is 7.05 Å². The van der Waals surface area contributed by atoms with Crippen LogP contribution in [0.4, 0.5) is 10.1 Å². The van der Waals surface area contributed by atoms with Crippen molar-refractivity contribution >= 4 is 17.3 Å². The van der Waals surface area contributed by atoms with Gasteiger partial charge < -0.3 is 10.5 Å². The summed E-state index contributed by atoms with van der Waals surface area (Å²) in [4.78, 5) is 0. The van der Waals surface area contributed by atoms with Crippen LogP contribution < -0.4 is 10.5 Å². The minimum atomic E-state index is -0.569. The van der Waals surface area contributed by atoms with Gasteiger partial charge in [-0.15, -0.1) is 0 Å². The molecule has 0 aliphatic carbocycles. The Morgan fingerprint density at radius 3 is 2.61 bits per heavy atom. The lowest BCUT2D eigenvalue weighted by Crippen LogP contribution is -1.96. The third kappa shape index (κ3) is 2.13. The molecule has 0 radical (unpaired) electrons. The first-order valence-electron chi connectivity index (χ1n) is 5.32. The molecule has 96 valence electrons. The molecule has 0 bridgehead atoms. The minimum absolute atomic E-state index is 0.0283. The van der Waals surface area contributed by atoms with E-state index in [9.17, 15) is 4.39 Å². The normalized spacial score (nSPS) is 10.7. The molecular weight excluding hydrogens is 257 g/mol. The van der Waals surface area contributed by atoms with Crippen LogP contribution in [-0.4, -0.2) is 9.78 Å². The molecule has 0 unspecified atom stereocenters. The van der Waals surface area contributed by atoms with E-state index in [0.717, 1.165) is 5.69 Å². The van der Waals surface area contributed by atoms with E-state index in [4.69, 9.17) is 22.1 Å². The first kappa shape index (κ1) is 12.7. The number of halogens is 2. The van der Waals surface area contributed by atoms with Gasteiger partial charge >= 0.3 is 0 Å². The molecule has 0 fully saturated rings. The van der Waals surface area contributed by atoms with Gasteiger partial charge in [-0.1, -0.05) is 11.6 Å². The highest BCUT2D eigenvalue weighted by molar-refractivity contribution is 6.31. The predicted molar refractivity (Wildman–Crippen MR) is 68.6 cm³/mol. The van der Waals surface area contributed by atoms with E-state index in [0.29, 0.717) is 11.4 Å². The SMILES string of the molecule is Cc1nn(C)c(C)c1Oc1cc(F)c(Cl)cc1N. The molecule has 18 heavy (non-hydrogen) atoms. The van der Waals surface area contributed by atoms with Gasteiger partial charge in [0.15, 0.2) is 11.5 Å². The largest absolute Gasteiger partial charge is 0.451 e. The second-order valence-corrected chi connectivity index (χ2v) is 4.44. The van der Waals surface area contributed by atoms with E-state index in [1.165, 1.54) is 12.1 Å². The van der Waals surface area contributed by atoms with Gasteiger partial charge in [0, 0.05) is 13.1 Å². The van der Waals surface area contributed by atoms with Gasteiger partial charge in [-0.2, -0.15) is 5.10 Å². The fourth-order valence-electron chi connectivity index (χ4n) is 1.64. The van der Waals surface area contributed by atoms with Crippen LogP contribution in [0.1, 0.15) is 11.4 Å². The molecule has 2 rings (SSSR count). The Balaban J connectivity index is 2.43. The average molecular weight is 270 g/mol. The van der Waals surface area contributed by atoms with E-state index < -0.39 is 5.82 Å². The van der Waals surface area contributed by atoms with Crippen molar-refractivity contribution in [1.29, 1.82) is 0 Å². The molecule has 1 aromatic heterocycles. The van der Waals surface area contributed by atoms with E-state index in [2.05, 4.69) is 5.10 Å². The Morgan fingerprint density at radius 2 is 2.06 bits per heavy atom. The lowest BCUT2D eigenvalue weighted by Gasteiger charge is -2.09. The van der Waals surface area contributed by atoms with Crippen LogP contribution >= 0.6 is 11.6 Å². The summed E-state index contributed by atoms with van der Waals surface area (Å²) >= 11 is 5.63.